The molecule has 0 bridgehead atoms. The Morgan fingerprint density at radius 2 is 1.07 bits per heavy atom. The molecule has 0 saturated heterocycles. The first-order valence-corrected chi connectivity index (χ1v) is 4.68. The van der Waals surface area contributed by atoms with Crippen molar-refractivity contribution in [2.75, 3.05) is 39.3 Å². The third kappa shape index (κ3) is 12.8. The number of carbonyl (C=O) groups is 2. The second-order valence-corrected chi connectivity index (χ2v) is 2.89. The van der Waals surface area contributed by atoms with Crippen LogP contribution in [0.2, 0.25) is 0 Å². The van der Waals surface area contributed by atoms with Gasteiger partial charge in [-0.2, -0.15) is 0 Å². The van der Waals surface area contributed by atoms with Crippen molar-refractivity contribution in [3.63, 3.8) is 0 Å². The number of hydrogen-bond acceptors (Lipinski definition) is 5. The van der Waals surface area contributed by atoms with Crippen LogP contribution in [0, 0.1) is 0 Å². The number of carboxylic acid groups (broad SMARTS) is 2. The number of aliphatic carboxylic acids is 2. The lowest BCUT2D eigenvalue weighted by Gasteiger charge is -2.05. The van der Waals surface area contributed by atoms with Gasteiger partial charge >= 0.3 is 11.9 Å². The lowest BCUT2D eigenvalue weighted by Crippen LogP contribution is -2.35. The van der Waals surface area contributed by atoms with Crippen molar-refractivity contribution in [1.29, 1.82) is 0 Å². The van der Waals surface area contributed by atoms with Crippen LogP contribution in [0.5, 0.6) is 0 Å². The maximum absolute atomic E-state index is 10.1. The summed E-state index contributed by atoms with van der Waals surface area (Å²) in [6.07, 6.45) is 0. The molecule has 0 radical (unpaired) electrons. The van der Waals surface area contributed by atoms with E-state index in [4.69, 9.17) is 10.2 Å². The standard InChI is InChI=1S/C8H17N3O4/c12-7(13)5-10-3-1-9-2-4-11-6-8(14)15/h9-11H,1-6H2,(H,12,13)(H,14,15). The smallest absolute Gasteiger partial charge is 0.317 e. The molecule has 5 N–H and O–H groups in total. The van der Waals surface area contributed by atoms with E-state index in [9.17, 15) is 9.59 Å². The minimum Gasteiger partial charge on any atom is -0.480 e. The Kier molecular flexibility index (Phi) is 8.64. The summed E-state index contributed by atoms with van der Waals surface area (Å²) >= 11 is 0. The summed E-state index contributed by atoms with van der Waals surface area (Å²) in [6.45, 7) is 2.37. The Morgan fingerprint density at radius 3 is 1.40 bits per heavy atom. The fourth-order valence-electron chi connectivity index (χ4n) is 0.869. The third-order valence-electron chi connectivity index (χ3n) is 1.51. The van der Waals surface area contributed by atoms with E-state index in [0.29, 0.717) is 26.2 Å². The summed E-state index contributed by atoms with van der Waals surface area (Å²) in [5.74, 6) is -1.75. The van der Waals surface area contributed by atoms with Gasteiger partial charge in [-0.25, -0.2) is 0 Å². The zero-order valence-electron chi connectivity index (χ0n) is 8.45. The van der Waals surface area contributed by atoms with Gasteiger partial charge in [0.25, 0.3) is 0 Å². The first-order valence-electron chi connectivity index (χ1n) is 4.68. The van der Waals surface area contributed by atoms with Gasteiger partial charge < -0.3 is 26.2 Å². The average Bonchev–Trinajstić information content (AvgIpc) is 2.14. The number of hydrogen-bond donors (Lipinski definition) is 5. The molecular weight excluding hydrogens is 202 g/mol. The molecule has 0 aromatic heterocycles. The van der Waals surface area contributed by atoms with E-state index in [0.717, 1.165) is 0 Å². The molecule has 0 aliphatic heterocycles. The van der Waals surface area contributed by atoms with Crippen LogP contribution in [0.4, 0.5) is 0 Å². The van der Waals surface area contributed by atoms with Gasteiger partial charge in [0.1, 0.15) is 0 Å². The lowest BCUT2D eigenvalue weighted by molar-refractivity contribution is -0.136. The monoisotopic (exact) mass is 219 g/mol. The molecule has 0 aromatic carbocycles. The van der Waals surface area contributed by atoms with E-state index in [2.05, 4.69) is 16.0 Å². The summed E-state index contributed by atoms with van der Waals surface area (Å²) < 4.78 is 0. The van der Waals surface area contributed by atoms with Crippen molar-refractivity contribution in [2.45, 2.75) is 0 Å². The fraction of sp³-hybridized carbons (Fsp3) is 0.750. The predicted octanol–water partition coefficient (Wildman–Crippen LogP) is -2.08. The highest BCUT2D eigenvalue weighted by Gasteiger charge is 1.95. The number of nitrogens with one attached hydrogen (secondary N) is 3. The SMILES string of the molecule is O=C(O)CNCCNCCNCC(=O)O. The molecule has 15 heavy (non-hydrogen) atoms. The Balaban J connectivity index is 2.99. The molecule has 7 heteroatoms. The van der Waals surface area contributed by atoms with Crippen LogP contribution in [0.15, 0.2) is 0 Å². The molecule has 7 nitrogen and oxygen atoms in total. The van der Waals surface area contributed by atoms with E-state index >= 15 is 0 Å². The van der Waals surface area contributed by atoms with Crippen molar-refractivity contribution in [3.05, 3.63) is 0 Å². The van der Waals surface area contributed by atoms with Crippen molar-refractivity contribution in [1.82, 2.24) is 16.0 Å². The molecular formula is C8H17N3O4. The fourth-order valence-corrected chi connectivity index (χ4v) is 0.869. The van der Waals surface area contributed by atoms with E-state index in [1.54, 1.807) is 0 Å². The van der Waals surface area contributed by atoms with Gasteiger partial charge in [0.15, 0.2) is 0 Å². The summed E-state index contributed by atoms with van der Waals surface area (Å²) in [6, 6.07) is 0. The summed E-state index contributed by atoms with van der Waals surface area (Å²) in [5, 5.41) is 25.0. The first kappa shape index (κ1) is 13.8. The van der Waals surface area contributed by atoms with Gasteiger partial charge in [0, 0.05) is 26.2 Å². The largest absolute Gasteiger partial charge is 0.480 e. The number of carboxylic acids is 2. The van der Waals surface area contributed by atoms with E-state index in [1.165, 1.54) is 0 Å². The highest BCUT2D eigenvalue weighted by Crippen LogP contribution is 1.64. The van der Waals surface area contributed by atoms with Crippen molar-refractivity contribution in [3.8, 4) is 0 Å². The Bertz CT molecular complexity index is 178. The molecule has 0 spiro atoms. The molecule has 0 aromatic rings. The highest BCUT2D eigenvalue weighted by molar-refractivity contribution is 5.69. The van der Waals surface area contributed by atoms with E-state index in [1.807, 2.05) is 0 Å². The minimum absolute atomic E-state index is 0.0427. The first-order chi connectivity index (χ1) is 7.13. The molecule has 0 unspecified atom stereocenters. The molecule has 0 aliphatic rings. The maximum Gasteiger partial charge on any atom is 0.317 e. The number of rotatable bonds is 10. The van der Waals surface area contributed by atoms with Crippen LogP contribution < -0.4 is 16.0 Å². The quantitative estimate of drug-likeness (QED) is 0.268. The lowest BCUT2D eigenvalue weighted by atomic mass is 10.5. The van der Waals surface area contributed by atoms with Gasteiger partial charge in [-0.05, 0) is 0 Å². The van der Waals surface area contributed by atoms with Gasteiger partial charge in [-0.15, -0.1) is 0 Å². The minimum atomic E-state index is -0.877. The van der Waals surface area contributed by atoms with Crippen molar-refractivity contribution >= 4 is 11.9 Å². The van der Waals surface area contributed by atoms with Gasteiger partial charge in [0.05, 0.1) is 13.1 Å². The molecule has 0 aliphatic carbocycles. The van der Waals surface area contributed by atoms with Crippen molar-refractivity contribution < 1.29 is 19.8 Å². The molecule has 0 rings (SSSR count). The van der Waals surface area contributed by atoms with E-state index < -0.39 is 11.9 Å². The van der Waals surface area contributed by atoms with Crippen LogP contribution in [0.25, 0.3) is 0 Å². The average molecular weight is 219 g/mol. The van der Waals surface area contributed by atoms with Crippen LogP contribution in [-0.4, -0.2) is 61.4 Å². The Labute approximate surface area is 87.9 Å². The van der Waals surface area contributed by atoms with Crippen LogP contribution in [0.3, 0.4) is 0 Å². The van der Waals surface area contributed by atoms with Crippen LogP contribution >= 0.6 is 0 Å². The summed E-state index contributed by atoms with van der Waals surface area (Å²) in [5.41, 5.74) is 0. The molecule has 0 saturated carbocycles. The second kappa shape index (κ2) is 9.38. The zero-order valence-corrected chi connectivity index (χ0v) is 8.45. The highest BCUT2D eigenvalue weighted by atomic mass is 16.4. The maximum atomic E-state index is 10.1. The van der Waals surface area contributed by atoms with E-state index in [-0.39, 0.29) is 13.1 Å². The molecule has 0 heterocycles. The summed E-state index contributed by atoms with van der Waals surface area (Å²) in [4.78, 5) is 20.2. The van der Waals surface area contributed by atoms with Gasteiger partial charge in [-0.1, -0.05) is 0 Å². The zero-order chi connectivity index (χ0) is 11.5. The van der Waals surface area contributed by atoms with Gasteiger partial charge in [0.2, 0.25) is 0 Å². The third-order valence-corrected chi connectivity index (χ3v) is 1.51. The molecule has 0 atom stereocenters. The topological polar surface area (TPSA) is 111 Å². The normalized spacial score (nSPS) is 10.1. The molecule has 0 amide bonds. The van der Waals surface area contributed by atoms with Crippen LogP contribution in [-0.2, 0) is 9.59 Å². The molecule has 0 fully saturated rings. The van der Waals surface area contributed by atoms with Gasteiger partial charge in [-0.3, -0.25) is 9.59 Å². The van der Waals surface area contributed by atoms with Crippen molar-refractivity contribution in [2.24, 2.45) is 0 Å². The Morgan fingerprint density at radius 1 is 0.733 bits per heavy atom. The molecule has 88 valence electrons. The van der Waals surface area contributed by atoms with Crippen LogP contribution in [0.1, 0.15) is 0 Å². The summed E-state index contributed by atoms with van der Waals surface area (Å²) in [7, 11) is 0. The Hall–Kier alpha value is -1.18. The second-order valence-electron chi connectivity index (χ2n) is 2.89. The predicted molar refractivity (Wildman–Crippen MR) is 53.9 cm³/mol.